The van der Waals surface area contributed by atoms with Crippen molar-refractivity contribution >= 4 is 66.7 Å². The summed E-state index contributed by atoms with van der Waals surface area (Å²) in [4.78, 5) is 28.2. The molecule has 1 N–H and O–H groups in total. The maximum absolute atomic E-state index is 13.7. The topological polar surface area (TPSA) is 86.8 Å². The number of hydrogen-bond donors (Lipinski definition) is 1. The van der Waals surface area contributed by atoms with Crippen LogP contribution in [0.3, 0.4) is 0 Å². The van der Waals surface area contributed by atoms with Crippen molar-refractivity contribution < 1.29 is 18.0 Å². The van der Waals surface area contributed by atoms with Gasteiger partial charge in [0.05, 0.1) is 11.9 Å². The van der Waals surface area contributed by atoms with Gasteiger partial charge in [0.1, 0.15) is 12.6 Å². The number of carbonyl (C=O) groups is 2. The van der Waals surface area contributed by atoms with Crippen LogP contribution in [0.15, 0.2) is 40.9 Å². The fourth-order valence-corrected chi connectivity index (χ4v) is 5.13. The number of rotatable bonds is 11. The number of sulfonamides is 1. The molecule has 7 nitrogen and oxygen atoms in total. The molecule has 0 saturated carbocycles. The number of hydrogen-bond acceptors (Lipinski definition) is 4. The molecule has 2 aromatic rings. The van der Waals surface area contributed by atoms with Crippen LogP contribution < -0.4 is 9.62 Å². The Labute approximate surface area is 232 Å². The Hall–Kier alpha value is -1.81. The number of amides is 2. The van der Waals surface area contributed by atoms with Crippen molar-refractivity contribution in [3.05, 3.63) is 62.0 Å². The van der Waals surface area contributed by atoms with Gasteiger partial charge in [0.2, 0.25) is 21.8 Å². The van der Waals surface area contributed by atoms with Crippen LogP contribution in [0.2, 0.25) is 10.0 Å². The average molecular weight is 621 g/mol. The predicted octanol–water partition coefficient (Wildman–Crippen LogP) is 5.41. The van der Waals surface area contributed by atoms with Crippen LogP contribution in [0.1, 0.15) is 38.3 Å². The molecule has 0 aliphatic heterocycles. The predicted molar refractivity (Wildman–Crippen MR) is 150 cm³/mol. The van der Waals surface area contributed by atoms with Gasteiger partial charge in [0.15, 0.2) is 0 Å². The fourth-order valence-electron chi connectivity index (χ4n) is 3.57. The second-order valence-corrected chi connectivity index (χ2v) is 12.6. The highest BCUT2D eigenvalue weighted by molar-refractivity contribution is 9.10. The number of carbonyl (C=O) groups excluding carboxylic acids is 2. The Kier molecular flexibility index (Phi) is 11.1. The molecule has 0 bridgehead atoms. The lowest BCUT2D eigenvalue weighted by molar-refractivity contribution is -0.140. The van der Waals surface area contributed by atoms with E-state index in [-0.39, 0.29) is 18.4 Å². The minimum absolute atomic E-state index is 0.0133. The quantitative estimate of drug-likeness (QED) is 0.364. The molecule has 0 aliphatic rings. The lowest BCUT2D eigenvalue weighted by Crippen LogP contribution is -2.52. The molecule has 2 amide bonds. The third-order valence-electron chi connectivity index (χ3n) is 5.53. The van der Waals surface area contributed by atoms with Crippen molar-refractivity contribution in [2.24, 2.45) is 5.92 Å². The Morgan fingerprint density at radius 3 is 2.31 bits per heavy atom. The summed E-state index contributed by atoms with van der Waals surface area (Å²) in [5.74, 6) is -0.615. The summed E-state index contributed by atoms with van der Waals surface area (Å²) in [5.41, 5.74) is 1.76. The summed E-state index contributed by atoms with van der Waals surface area (Å²) >= 11 is 15.8. The largest absolute Gasteiger partial charge is 0.354 e. The molecule has 36 heavy (non-hydrogen) atoms. The van der Waals surface area contributed by atoms with Gasteiger partial charge in [-0.05, 0) is 60.7 Å². The van der Waals surface area contributed by atoms with E-state index in [1.54, 1.807) is 43.3 Å². The lowest BCUT2D eigenvalue weighted by Gasteiger charge is -2.33. The molecule has 0 aliphatic carbocycles. The van der Waals surface area contributed by atoms with Gasteiger partial charge in [0.25, 0.3) is 0 Å². The highest BCUT2D eigenvalue weighted by Crippen LogP contribution is 2.27. The zero-order valence-electron chi connectivity index (χ0n) is 21.0. The maximum atomic E-state index is 13.7. The maximum Gasteiger partial charge on any atom is 0.244 e. The monoisotopic (exact) mass is 619 g/mol. The molecule has 0 radical (unpaired) electrons. The van der Waals surface area contributed by atoms with E-state index in [9.17, 15) is 18.0 Å². The highest BCUT2D eigenvalue weighted by atomic mass is 79.9. The molecule has 1 atom stereocenters. The van der Waals surface area contributed by atoms with Crippen molar-refractivity contribution in [1.82, 2.24) is 10.2 Å². The van der Waals surface area contributed by atoms with E-state index in [0.717, 1.165) is 20.6 Å². The Morgan fingerprint density at radius 2 is 1.78 bits per heavy atom. The number of benzene rings is 2. The first-order valence-corrected chi connectivity index (χ1v) is 14.9. The van der Waals surface area contributed by atoms with Crippen LogP contribution in [0.25, 0.3) is 0 Å². The molecule has 2 aromatic carbocycles. The van der Waals surface area contributed by atoms with Crippen molar-refractivity contribution in [1.29, 1.82) is 0 Å². The lowest BCUT2D eigenvalue weighted by atomic mass is 10.1. The molecule has 0 fully saturated rings. The molecular weight excluding hydrogens is 589 g/mol. The zero-order valence-corrected chi connectivity index (χ0v) is 24.9. The fraction of sp³-hybridized carbons (Fsp3) is 0.440. The number of nitrogens with one attached hydrogen (secondary N) is 1. The first-order valence-electron chi connectivity index (χ1n) is 11.5. The van der Waals surface area contributed by atoms with E-state index in [1.807, 2.05) is 20.8 Å². The van der Waals surface area contributed by atoms with Gasteiger partial charge >= 0.3 is 0 Å². The summed E-state index contributed by atoms with van der Waals surface area (Å²) in [5, 5.41) is 3.67. The van der Waals surface area contributed by atoms with Crippen LogP contribution in [0.5, 0.6) is 0 Å². The van der Waals surface area contributed by atoms with Crippen molar-refractivity contribution in [2.45, 2.75) is 46.7 Å². The number of halogens is 3. The number of anilines is 1. The molecule has 0 heterocycles. The van der Waals surface area contributed by atoms with Crippen LogP contribution in [-0.2, 0) is 26.2 Å². The van der Waals surface area contributed by atoms with Crippen molar-refractivity contribution in [2.75, 3.05) is 23.7 Å². The van der Waals surface area contributed by atoms with Crippen molar-refractivity contribution in [3.8, 4) is 0 Å². The SMILES string of the molecule is CCC(C(=O)NCC(C)C)N(Cc1ccc(Cl)cc1Cl)C(=O)CN(c1ccc(Br)c(C)c1)S(C)(=O)=O. The summed E-state index contributed by atoms with van der Waals surface area (Å²) in [6, 6.07) is 9.12. The van der Waals surface area contributed by atoms with E-state index in [1.165, 1.54) is 4.90 Å². The minimum atomic E-state index is -3.81. The molecule has 198 valence electrons. The average Bonchev–Trinajstić information content (AvgIpc) is 2.78. The van der Waals surface area contributed by atoms with Crippen LogP contribution in [-0.4, -0.2) is 50.5 Å². The van der Waals surface area contributed by atoms with Gasteiger partial charge in [-0.1, -0.05) is 66.0 Å². The second kappa shape index (κ2) is 13.1. The first kappa shape index (κ1) is 30.4. The third kappa shape index (κ3) is 8.36. The van der Waals surface area contributed by atoms with Gasteiger partial charge in [-0.2, -0.15) is 0 Å². The molecular formula is C25H32BrCl2N3O4S. The van der Waals surface area contributed by atoms with E-state index in [2.05, 4.69) is 21.2 Å². The van der Waals surface area contributed by atoms with Gasteiger partial charge in [-0.15, -0.1) is 0 Å². The van der Waals surface area contributed by atoms with Crippen molar-refractivity contribution in [3.63, 3.8) is 0 Å². The Balaban J connectivity index is 2.48. The van der Waals surface area contributed by atoms with Crippen LogP contribution >= 0.6 is 39.1 Å². The van der Waals surface area contributed by atoms with E-state index < -0.39 is 28.5 Å². The second-order valence-electron chi connectivity index (χ2n) is 9.02. The normalized spacial score (nSPS) is 12.4. The summed E-state index contributed by atoms with van der Waals surface area (Å²) in [6.07, 6.45) is 1.38. The van der Waals surface area contributed by atoms with Crippen LogP contribution in [0.4, 0.5) is 5.69 Å². The van der Waals surface area contributed by atoms with E-state index in [0.29, 0.717) is 34.3 Å². The highest BCUT2D eigenvalue weighted by Gasteiger charge is 2.32. The summed E-state index contributed by atoms with van der Waals surface area (Å²) in [6.45, 7) is 7.57. The standard InChI is InChI=1S/C25H32BrCl2N3O4S/c1-6-23(25(33)29-13-16(2)3)30(14-18-7-8-19(27)12-22(18)28)24(32)15-31(36(5,34)35)20-9-10-21(26)17(4)11-20/h7-12,16,23H,6,13-15H2,1-5H3,(H,29,33). The summed E-state index contributed by atoms with van der Waals surface area (Å²) < 4.78 is 27.3. The Bertz CT molecular complexity index is 1210. The van der Waals surface area contributed by atoms with Gasteiger partial charge in [-0.3, -0.25) is 13.9 Å². The molecule has 0 spiro atoms. The third-order valence-corrected chi connectivity index (χ3v) is 8.15. The minimum Gasteiger partial charge on any atom is -0.354 e. The summed E-state index contributed by atoms with van der Waals surface area (Å²) in [7, 11) is -3.81. The number of nitrogens with zero attached hydrogens (tertiary/aromatic N) is 2. The molecule has 0 saturated heterocycles. The Morgan fingerprint density at radius 1 is 1.11 bits per heavy atom. The molecule has 1 unspecified atom stereocenters. The van der Waals surface area contributed by atoms with Gasteiger partial charge < -0.3 is 10.2 Å². The molecule has 0 aromatic heterocycles. The van der Waals surface area contributed by atoms with Crippen LogP contribution in [0, 0.1) is 12.8 Å². The first-order chi connectivity index (χ1) is 16.7. The smallest absolute Gasteiger partial charge is 0.244 e. The molecule has 2 rings (SSSR count). The number of aryl methyl sites for hydroxylation is 1. The zero-order chi connectivity index (χ0) is 27.2. The van der Waals surface area contributed by atoms with E-state index >= 15 is 0 Å². The van der Waals surface area contributed by atoms with E-state index in [4.69, 9.17) is 23.2 Å². The van der Waals surface area contributed by atoms with Gasteiger partial charge in [-0.25, -0.2) is 8.42 Å². The van der Waals surface area contributed by atoms with Gasteiger partial charge in [0, 0.05) is 27.6 Å². The molecule has 11 heteroatoms.